The van der Waals surface area contributed by atoms with Gasteiger partial charge in [0.15, 0.2) is 11.2 Å². The molecule has 2 aromatic carbocycles. The summed E-state index contributed by atoms with van der Waals surface area (Å²) < 4.78 is 98.0. The molecular formula is C28H35BCl2F6O4. The summed E-state index contributed by atoms with van der Waals surface area (Å²) in [5, 5.41) is 0.863. The Kier molecular flexibility index (Phi) is 11.0. The molecule has 2 aromatic rings. The van der Waals surface area contributed by atoms with Gasteiger partial charge in [0.25, 0.3) is 0 Å². The van der Waals surface area contributed by atoms with Crippen LogP contribution in [0, 0.1) is 0 Å². The van der Waals surface area contributed by atoms with E-state index >= 15 is 0 Å². The summed E-state index contributed by atoms with van der Waals surface area (Å²) >= 11 is 11.8. The van der Waals surface area contributed by atoms with Crippen LogP contribution in [0.3, 0.4) is 0 Å². The first-order valence-corrected chi connectivity index (χ1v) is 13.4. The molecule has 230 valence electrons. The standard InChI is InChI=1S/C17H23BClF3O3.C11H12ClF3O/c1-14(2)15(3,4)25-18(24-14)12-7-11(8-13(19)9-12)10-23-16(5,6)17(20,21)22;1-10(2,11(13,14)15)16-7-8-4-3-5-9(12)6-8/h7-9H,10H2,1-6H3;3-6H,7H2,1-2H3. The van der Waals surface area contributed by atoms with Crippen molar-refractivity contribution in [2.75, 3.05) is 0 Å². The van der Waals surface area contributed by atoms with Crippen LogP contribution in [-0.2, 0) is 32.0 Å². The Hall–Kier alpha value is -1.50. The lowest BCUT2D eigenvalue weighted by atomic mass is 9.78. The van der Waals surface area contributed by atoms with E-state index in [4.69, 9.17) is 42.0 Å². The maximum Gasteiger partial charge on any atom is 0.494 e. The highest BCUT2D eigenvalue weighted by Crippen LogP contribution is 2.37. The Balaban J connectivity index is 0.000000317. The molecule has 1 saturated heterocycles. The second-order valence-electron chi connectivity index (χ2n) is 11.7. The zero-order chi connectivity index (χ0) is 31.7. The minimum absolute atomic E-state index is 0.118. The van der Waals surface area contributed by atoms with Crippen LogP contribution in [-0.4, -0.2) is 41.9 Å². The Bertz CT molecular complexity index is 1170. The predicted octanol–water partition coefficient (Wildman–Crippen LogP) is 8.69. The highest BCUT2D eigenvalue weighted by Gasteiger charge is 2.52. The molecule has 41 heavy (non-hydrogen) atoms. The van der Waals surface area contributed by atoms with Gasteiger partial charge in [-0.15, -0.1) is 0 Å². The maximum atomic E-state index is 12.9. The molecule has 1 fully saturated rings. The van der Waals surface area contributed by atoms with E-state index in [1.807, 2.05) is 27.7 Å². The van der Waals surface area contributed by atoms with E-state index < -0.39 is 41.9 Å². The first-order chi connectivity index (χ1) is 18.4. The number of alkyl halides is 6. The van der Waals surface area contributed by atoms with Gasteiger partial charge in [-0.25, -0.2) is 0 Å². The minimum atomic E-state index is -4.46. The largest absolute Gasteiger partial charge is 0.494 e. The van der Waals surface area contributed by atoms with Crippen LogP contribution in [0.15, 0.2) is 42.5 Å². The van der Waals surface area contributed by atoms with Crippen molar-refractivity contribution in [1.29, 1.82) is 0 Å². The Morgan fingerprint density at radius 1 is 0.683 bits per heavy atom. The van der Waals surface area contributed by atoms with Gasteiger partial charge in [-0.05, 0) is 96.2 Å². The smallest absolute Gasteiger partial charge is 0.399 e. The van der Waals surface area contributed by atoms with Crippen molar-refractivity contribution < 1.29 is 45.1 Å². The lowest BCUT2D eigenvalue weighted by molar-refractivity contribution is -0.267. The molecule has 0 radical (unpaired) electrons. The molecule has 0 amide bonds. The third kappa shape index (κ3) is 9.50. The Labute approximate surface area is 247 Å². The summed E-state index contributed by atoms with van der Waals surface area (Å²) in [5.74, 6) is 0. The Morgan fingerprint density at radius 2 is 1.12 bits per heavy atom. The summed E-state index contributed by atoms with van der Waals surface area (Å²) in [4.78, 5) is 0. The molecule has 0 aliphatic carbocycles. The fourth-order valence-electron chi connectivity index (χ4n) is 3.19. The highest BCUT2D eigenvalue weighted by atomic mass is 35.5. The van der Waals surface area contributed by atoms with Crippen molar-refractivity contribution >= 4 is 35.8 Å². The summed E-state index contributed by atoms with van der Waals surface area (Å²) in [6.07, 6.45) is -8.84. The molecule has 0 N–H and O–H groups in total. The average molecular weight is 631 g/mol. The van der Waals surface area contributed by atoms with Gasteiger partial charge in [-0.3, -0.25) is 0 Å². The van der Waals surface area contributed by atoms with Gasteiger partial charge in [0, 0.05) is 10.0 Å². The van der Waals surface area contributed by atoms with E-state index in [1.54, 1.807) is 42.5 Å². The van der Waals surface area contributed by atoms with Crippen molar-refractivity contribution in [1.82, 2.24) is 0 Å². The fraction of sp³-hybridized carbons (Fsp3) is 0.571. The van der Waals surface area contributed by atoms with E-state index in [9.17, 15) is 26.3 Å². The van der Waals surface area contributed by atoms with Crippen LogP contribution in [0.4, 0.5) is 26.3 Å². The molecule has 0 unspecified atom stereocenters. The predicted molar refractivity (Wildman–Crippen MR) is 148 cm³/mol. The number of benzene rings is 2. The highest BCUT2D eigenvalue weighted by molar-refractivity contribution is 6.62. The van der Waals surface area contributed by atoms with Crippen LogP contribution in [0.1, 0.15) is 66.5 Å². The van der Waals surface area contributed by atoms with Gasteiger partial charge in [0.1, 0.15) is 0 Å². The fourth-order valence-corrected chi connectivity index (χ4v) is 3.67. The van der Waals surface area contributed by atoms with Crippen LogP contribution in [0.5, 0.6) is 0 Å². The Morgan fingerprint density at radius 3 is 1.56 bits per heavy atom. The van der Waals surface area contributed by atoms with Crippen LogP contribution < -0.4 is 5.46 Å². The van der Waals surface area contributed by atoms with E-state index in [2.05, 4.69) is 0 Å². The van der Waals surface area contributed by atoms with Crippen molar-refractivity contribution in [3.05, 3.63) is 63.6 Å². The number of halogens is 8. The minimum Gasteiger partial charge on any atom is -0.399 e. The zero-order valence-electron chi connectivity index (χ0n) is 24.2. The van der Waals surface area contributed by atoms with E-state index in [0.717, 1.165) is 27.7 Å². The average Bonchev–Trinajstić information content (AvgIpc) is 3.02. The van der Waals surface area contributed by atoms with Crippen molar-refractivity contribution in [2.45, 2.75) is 103 Å². The molecule has 0 spiro atoms. The number of ether oxygens (including phenoxy) is 2. The van der Waals surface area contributed by atoms with Crippen molar-refractivity contribution in [3.8, 4) is 0 Å². The van der Waals surface area contributed by atoms with Crippen molar-refractivity contribution in [2.24, 2.45) is 0 Å². The molecule has 0 atom stereocenters. The molecule has 0 bridgehead atoms. The van der Waals surface area contributed by atoms with Crippen molar-refractivity contribution in [3.63, 3.8) is 0 Å². The lowest BCUT2D eigenvalue weighted by Gasteiger charge is -2.32. The molecule has 13 heteroatoms. The normalized spacial score (nSPS) is 17.3. The second kappa shape index (κ2) is 12.6. The van der Waals surface area contributed by atoms with Crippen LogP contribution in [0.2, 0.25) is 10.0 Å². The van der Waals surface area contributed by atoms with Gasteiger partial charge in [-0.2, -0.15) is 26.3 Å². The van der Waals surface area contributed by atoms with Gasteiger partial charge in [0.2, 0.25) is 0 Å². The number of hydrogen-bond donors (Lipinski definition) is 0. The van der Waals surface area contributed by atoms with E-state index in [-0.39, 0.29) is 13.2 Å². The molecular weight excluding hydrogens is 596 g/mol. The zero-order valence-corrected chi connectivity index (χ0v) is 25.7. The quantitative estimate of drug-likeness (QED) is 0.227. The molecule has 4 nitrogen and oxygen atoms in total. The molecule has 1 aliphatic rings. The molecule has 1 heterocycles. The summed E-state index contributed by atoms with van der Waals surface area (Å²) in [5.41, 5.74) is -3.66. The van der Waals surface area contributed by atoms with E-state index in [1.165, 1.54) is 0 Å². The monoisotopic (exact) mass is 630 g/mol. The number of hydrogen-bond acceptors (Lipinski definition) is 4. The summed E-state index contributed by atoms with van der Waals surface area (Å²) in [6, 6.07) is 11.5. The topological polar surface area (TPSA) is 36.9 Å². The van der Waals surface area contributed by atoms with Gasteiger partial charge in [-0.1, -0.05) is 41.4 Å². The molecule has 0 saturated carbocycles. The summed E-state index contributed by atoms with van der Waals surface area (Å²) in [6.45, 7) is 11.3. The third-order valence-electron chi connectivity index (χ3n) is 6.96. The molecule has 3 rings (SSSR count). The SMILES string of the molecule is CC(C)(OCc1cc(Cl)cc(B2OC(C)(C)C(C)(C)O2)c1)C(F)(F)F.CC(C)(OCc1cccc(Cl)c1)C(F)(F)F. The summed E-state index contributed by atoms with van der Waals surface area (Å²) in [7, 11) is -0.641. The second-order valence-corrected chi connectivity index (χ2v) is 12.6. The lowest BCUT2D eigenvalue weighted by Crippen LogP contribution is -2.41. The van der Waals surface area contributed by atoms with Crippen LogP contribution in [0.25, 0.3) is 0 Å². The molecule has 1 aliphatic heterocycles. The van der Waals surface area contributed by atoms with Gasteiger partial charge < -0.3 is 18.8 Å². The van der Waals surface area contributed by atoms with Gasteiger partial charge >= 0.3 is 19.5 Å². The number of rotatable bonds is 7. The van der Waals surface area contributed by atoms with Crippen LogP contribution >= 0.6 is 23.2 Å². The maximum absolute atomic E-state index is 12.9. The molecule has 0 aromatic heterocycles. The third-order valence-corrected chi connectivity index (χ3v) is 7.41. The van der Waals surface area contributed by atoms with E-state index in [0.29, 0.717) is 26.6 Å². The first-order valence-electron chi connectivity index (χ1n) is 12.7. The van der Waals surface area contributed by atoms with Gasteiger partial charge in [0.05, 0.1) is 24.4 Å². The first kappa shape index (κ1) is 35.7.